The van der Waals surface area contributed by atoms with E-state index in [0.717, 1.165) is 0 Å². The number of carboxylic acid groups (broad SMARTS) is 1. The number of nitrogens with two attached hydrogens (primary N) is 1. The highest BCUT2D eigenvalue weighted by Gasteiger charge is 2.13. The number of benzene rings is 1. The van der Waals surface area contributed by atoms with Gasteiger partial charge in [0.1, 0.15) is 0 Å². The Labute approximate surface area is 108 Å². The summed E-state index contributed by atoms with van der Waals surface area (Å²) in [6.45, 7) is -0.416. The molecule has 0 bridgehead atoms. The number of urea groups is 1. The number of primary amides is 1. The van der Waals surface area contributed by atoms with E-state index < -0.39 is 30.6 Å². The fourth-order valence-corrected chi connectivity index (χ4v) is 1.17. The lowest BCUT2D eigenvalue weighted by Crippen LogP contribution is -2.38. The predicted molar refractivity (Wildman–Crippen MR) is 65.6 cm³/mol. The molecule has 1 atom stereocenters. The van der Waals surface area contributed by atoms with Crippen LogP contribution in [0.25, 0.3) is 0 Å². The number of aliphatic hydroxyl groups is 1. The number of anilines is 1. The molecule has 0 saturated heterocycles. The third kappa shape index (κ3) is 4.64. The first kappa shape index (κ1) is 14.5. The fraction of sp³-hybridized carbons (Fsp3) is 0.182. The van der Waals surface area contributed by atoms with Gasteiger partial charge in [0.15, 0.2) is 6.10 Å². The van der Waals surface area contributed by atoms with Crippen molar-refractivity contribution in [1.29, 1.82) is 0 Å². The molecule has 1 aromatic rings. The van der Waals surface area contributed by atoms with Gasteiger partial charge in [-0.3, -0.25) is 4.79 Å². The van der Waals surface area contributed by atoms with Gasteiger partial charge in [-0.2, -0.15) is 0 Å². The summed E-state index contributed by atoms with van der Waals surface area (Å²) < 4.78 is 0. The summed E-state index contributed by atoms with van der Waals surface area (Å²) in [7, 11) is 0. The third-order valence-electron chi connectivity index (χ3n) is 2.17. The van der Waals surface area contributed by atoms with Gasteiger partial charge in [0, 0.05) is 11.3 Å². The number of aliphatic carboxylic acids is 1. The van der Waals surface area contributed by atoms with Crippen LogP contribution >= 0.6 is 0 Å². The molecule has 0 spiro atoms. The monoisotopic (exact) mass is 267 g/mol. The molecule has 0 aliphatic carbocycles. The lowest BCUT2D eigenvalue weighted by atomic mass is 10.2. The molecule has 0 heterocycles. The van der Waals surface area contributed by atoms with Crippen LogP contribution in [0, 0.1) is 0 Å². The van der Waals surface area contributed by atoms with E-state index in [1.807, 2.05) is 0 Å². The van der Waals surface area contributed by atoms with Gasteiger partial charge in [-0.05, 0) is 24.3 Å². The Kier molecular flexibility index (Phi) is 4.84. The average Bonchev–Trinajstić information content (AvgIpc) is 2.36. The smallest absolute Gasteiger partial charge is 0.334 e. The van der Waals surface area contributed by atoms with Gasteiger partial charge in [-0.1, -0.05) is 0 Å². The van der Waals surface area contributed by atoms with Gasteiger partial charge in [0.05, 0.1) is 6.54 Å². The number of nitrogens with one attached hydrogen (secondary N) is 2. The Morgan fingerprint density at radius 3 is 2.26 bits per heavy atom. The largest absolute Gasteiger partial charge is 0.479 e. The van der Waals surface area contributed by atoms with Crippen LogP contribution < -0.4 is 16.4 Å². The molecular weight excluding hydrogens is 254 g/mol. The lowest BCUT2D eigenvalue weighted by Gasteiger charge is -2.09. The van der Waals surface area contributed by atoms with E-state index in [-0.39, 0.29) is 0 Å². The molecule has 8 heteroatoms. The SMILES string of the molecule is NC(=O)c1ccc(NC(=O)NCC(O)C(=O)O)cc1. The first-order valence-electron chi connectivity index (χ1n) is 5.25. The standard InChI is InChI=1S/C11H13N3O5/c12-9(16)6-1-3-7(4-2-6)14-11(19)13-5-8(15)10(17)18/h1-4,8,15H,5H2,(H2,12,16)(H,17,18)(H2,13,14,19). The second-order valence-corrected chi connectivity index (χ2v) is 3.63. The molecule has 0 aromatic heterocycles. The molecule has 8 nitrogen and oxygen atoms in total. The van der Waals surface area contributed by atoms with Crippen LogP contribution in [0.1, 0.15) is 10.4 Å². The Morgan fingerprint density at radius 1 is 1.21 bits per heavy atom. The zero-order chi connectivity index (χ0) is 14.4. The van der Waals surface area contributed by atoms with Gasteiger partial charge in [-0.25, -0.2) is 9.59 Å². The van der Waals surface area contributed by atoms with Crippen molar-refractivity contribution in [3.8, 4) is 0 Å². The van der Waals surface area contributed by atoms with Crippen LogP contribution in [-0.4, -0.2) is 40.8 Å². The van der Waals surface area contributed by atoms with E-state index in [0.29, 0.717) is 11.3 Å². The molecule has 6 N–H and O–H groups in total. The van der Waals surface area contributed by atoms with Crippen molar-refractivity contribution in [3.05, 3.63) is 29.8 Å². The Balaban J connectivity index is 2.48. The van der Waals surface area contributed by atoms with Crippen molar-refractivity contribution in [2.75, 3.05) is 11.9 Å². The summed E-state index contributed by atoms with van der Waals surface area (Å²) in [5.74, 6) is -2.01. The molecule has 0 fully saturated rings. The van der Waals surface area contributed by atoms with Crippen molar-refractivity contribution in [2.24, 2.45) is 5.73 Å². The summed E-state index contributed by atoms with van der Waals surface area (Å²) in [4.78, 5) is 32.5. The van der Waals surface area contributed by atoms with Gasteiger partial charge in [0.25, 0.3) is 0 Å². The maximum Gasteiger partial charge on any atom is 0.334 e. The zero-order valence-electron chi connectivity index (χ0n) is 9.79. The molecule has 0 aliphatic heterocycles. The topological polar surface area (TPSA) is 142 Å². The number of amides is 3. The number of carboxylic acids is 1. The minimum atomic E-state index is -1.66. The minimum absolute atomic E-state index is 0.298. The molecule has 3 amide bonds. The summed E-state index contributed by atoms with van der Waals surface area (Å²) in [5, 5.41) is 21.9. The fourth-order valence-electron chi connectivity index (χ4n) is 1.17. The zero-order valence-corrected chi connectivity index (χ0v) is 9.79. The van der Waals surface area contributed by atoms with Crippen LogP contribution in [-0.2, 0) is 4.79 Å². The Hall–Kier alpha value is -2.61. The third-order valence-corrected chi connectivity index (χ3v) is 2.17. The van der Waals surface area contributed by atoms with E-state index in [9.17, 15) is 14.4 Å². The average molecular weight is 267 g/mol. The molecular formula is C11H13N3O5. The summed E-state index contributed by atoms with van der Waals surface area (Å²) in [5.41, 5.74) is 5.75. The number of hydrogen-bond donors (Lipinski definition) is 5. The molecule has 19 heavy (non-hydrogen) atoms. The maximum atomic E-state index is 11.3. The lowest BCUT2D eigenvalue weighted by molar-refractivity contribution is -0.146. The molecule has 0 radical (unpaired) electrons. The van der Waals surface area contributed by atoms with E-state index >= 15 is 0 Å². The molecule has 0 aliphatic rings. The minimum Gasteiger partial charge on any atom is -0.479 e. The molecule has 1 aromatic carbocycles. The second kappa shape index (κ2) is 6.36. The maximum absolute atomic E-state index is 11.3. The Morgan fingerprint density at radius 2 is 1.79 bits per heavy atom. The van der Waals surface area contributed by atoms with Crippen molar-refractivity contribution in [3.63, 3.8) is 0 Å². The van der Waals surface area contributed by atoms with Crippen LogP contribution in [0.15, 0.2) is 24.3 Å². The second-order valence-electron chi connectivity index (χ2n) is 3.63. The van der Waals surface area contributed by atoms with Gasteiger partial charge in [0.2, 0.25) is 5.91 Å². The van der Waals surface area contributed by atoms with Crippen molar-refractivity contribution in [2.45, 2.75) is 6.10 Å². The number of rotatable bonds is 5. The normalized spacial score (nSPS) is 11.4. The molecule has 102 valence electrons. The highest BCUT2D eigenvalue weighted by molar-refractivity contribution is 5.94. The first-order chi connectivity index (χ1) is 8.90. The van der Waals surface area contributed by atoms with Crippen LogP contribution in [0.3, 0.4) is 0 Å². The van der Waals surface area contributed by atoms with Gasteiger partial charge >= 0.3 is 12.0 Å². The van der Waals surface area contributed by atoms with Crippen molar-refractivity contribution in [1.82, 2.24) is 5.32 Å². The van der Waals surface area contributed by atoms with E-state index in [1.54, 1.807) is 0 Å². The highest BCUT2D eigenvalue weighted by Crippen LogP contribution is 2.08. The number of carbonyl (C=O) groups excluding carboxylic acids is 2. The number of aliphatic hydroxyl groups excluding tert-OH is 1. The van der Waals surface area contributed by atoms with E-state index in [1.165, 1.54) is 24.3 Å². The Bertz CT molecular complexity index is 486. The first-order valence-corrected chi connectivity index (χ1v) is 5.25. The summed E-state index contributed by atoms with van der Waals surface area (Å²) >= 11 is 0. The number of carbonyl (C=O) groups is 3. The predicted octanol–water partition coefficient (Wildman–Crippen LogP) is -0.647. The van der Waals surface area contributed by atoms with Crippen molar-refractivity contribution < 1.29 is 24.6 Å². The van der Waals surface area contributed by atoms with Gasteiger partial charge < -0.3 is 26.6 Å². The summed E-state index contributed by atoms with van der Waals surface area (Å²) in [6, 6.07) is 5.13. The number of hydrogen-bond acceptors (Lipinski definition) is 4. The van der Waals surface area contributed by atoms with E-state index in [2.05, 4.69) is 10.6 Å². The molecule has 1 unspecified atom stereocenters. The van der Waals surface area contributed by atoms with Crippen LogP contribution in [0.5, 0.6) is 0 Å². The quantitative estimate of drug-likeness (QED) is 0.482. The molecule has 1 rings (SSSR count). The summed E-state index contributed by atoms with van der Waals surface area (Å²) in [6.07, 6.45) is -1.66. The van der Waals surface area contributed by atoms with Crippen molar-refractivity contribution >= 4 is 23.6 Å². The van der Waals surface area contributed by atoms with Gasteiger partial charge in [-0.15, -0.1) is 0 Å². The van der Waals surface area contributed by atoms with Crippen LogP contribution in [0.2, 0.25) is 0 Å². The highest BCUT2D eigenvalue weighted by atomic mass is 16.4. The van der Waals surface area contributed by atoms with E-state index in [4.69, 9.17) is 15.9 Å². The molecule has 0 saturated carbocycles. The van der Waals surface area contributed by atoms with Crippen LogP contribution in [0.4, 0.5) is 10.5 Å².